The lowest BCUT2D eigenvalue weighted by atomic mass is 9.92. The smallest absolute Gasteiger partial charge is 0.340 e. The maximum Gasteiger partial charge on any atom is 0.340 e. The van der Waals surface area contributed by atoms with E-state index in [1.807, 2.05) is 45.2 Å². The van der Waals surface area contributed by atoms with Gasteiger partial charge in [-0.25, -0.2) is 14.2 Å². The first-order valence-electron chi connectivity index (χ1n) is 17.6. The van der Waals surface area contributed by atoms with Gasteiger partial charge in [0.25, 0.3) is 0 Å². The molecule has 1 saturated heterocycles. The summed E-state index contributed by atoms with van der Waals surface area (Å²) < 4.78 is 34.9. The Hall–Kier alpha value is -3.08. The van der Waals surface area contributed by atoms with Gasteiger partial charge in [-0.3, -0.25) is 4.90 Å². The van der Waals surface area contributed by atoms with E-state index in [1.54, 1.807) is 12.1 Å². The Bertz CT molecular complexity index is 1570. The van der Waals surface area contributed by atoms with E-state index in [0.717, 1.165) is 99.4 Å². The number of nitrogens with zero attached hydrogens (tertiary/aromatic N) is 5. The van der Waals surface area contributed by atoms with Gasteiger partial charge >= 0.3 is 5.97 Å². The molecular weight excluding hydrogens is 597 g/mol. The maximum atomic E-state index is 14.4. The molecule has 3 aliphatic heterocycles. The van der Waals surface area contributed by atoms with Crippen LogP contribution in [0.2, 0.25) is 0 Å². The Morgan fingerprint density at radius 3 is 2.57 bits per heavy atom. The van der Waals surface area contributed by atoms with Crippen molar-refractivity contribution in [1.29, 1.82) is 0 Å². The van der Waals surface area contributed by atoms with E-state index in [2.05, 4.69) is 22.8 Å². The van der Waals surface area contributed by atoms with Crippen molar-refractivity contribution >= 4 is 17.4 Å². The molecule has 1 atom stereocenters. The SMILES string of the molecule is CCOC(=O)C(OC(C)(C)C)c1c(C)nc2cc3nn2c1N1CCC(C)(CC1)OCCCCCc1cc(F)ccc1CN(C1CC1)C3. The number of hydrogen-bond acceptors (Lipinski definition) is 8. The quantitative estimate of drug-likeness (QED) is 0.278. The van der Waals surface area contributed by atoms with Crippen LogP contribution in [0.3, 0.4) is 0 Å². The highest BCUT2D eigenvalue weighted by molar-refractivity contribution is 5.80. The fourth-order valence-corrected chi connectivity index (χ4v) is 7.06. The number of aromatic nitrogens is 3. The van der Waals surface area contributed by atoms with Crippen LogP contribution < -0.4 is 4.90 Å². The lowest BCUT2D eigenvalue weighted by Crippen LogP contribution is -2.46. The second-order valence-electron chi connectivity index (χ2n) is 14.8. The van der Waals surface area contributed by atoms with E-state index < -0.39 is 17.7 Å². The third kappa shape index (κ3) is 7.98. The van der Waals surface area contributed by atoms with Gasteiger partial charge in [0.2, 0.25) is 0 Å². The van der Waals surface area contributed by atoms with Crippen LogP contribution in [0.15, 0.2) is 24.3 Å². The zero-order chi connectivity index (χ0) is 33.3. The lowest BCUT2D eigenvalue weighted by Gasteiger charge is -2.41. The second-order valence-corrected chi connectivity index (χ2v) is 14.8. The van der Waals surface area contributed by atoms with Gasteiger partial charge in [0.05, 0.1) is 29.1 Å². The lowest BCUT2D eigenvalue weighted by molar-refractivity contribution is -0.166. The molecule has 0 amide bonds. The predicted molar refractivity (Wildman–Crippen MR) is 180 cm³/mol. The number of carbonyl (C=O) groups is 1. The average Bonchev–Trinajstić information content (AvgIpc) is 3.78. The van der Waals surface area contributed by atoms with Gasteiger partial charge in [0, 0.05) is 50.6 Å². The van der Waals surface area contributed by atoms with Crippen molar-refractivity contribution in [1.82, 2.24) is 19.5 Å². The van der Waals surface area contributed by atoms with Gasteiger partial charge in [0.1, 0.15) is 11.6 Å². The van der Waals surface area contributed by atoms with Crippen LogP contribution in [-0.4, -0.2) is 69.0 Å². The van der Waals surface area contributed by atoms with E-state index in [9.17, 15) is 9.18 Å². The molecule has 2 aromatic heterocycles. The van der Waals surface area contributed by atoms with E-state index in [1.165, 1.54) is 5.56 Å². The van der Waals surface area contributed by atoms with Crippen molar-refractivity contribution in [2.45, 2.75) is 129 Å². The number of piperidine rings is 1. The number of aryl methyl sites for hydroxylation is 2. The largest absolute Gasteiger partial charge is 0.464 e. The molecule has 1 unspecified atom stereocenters. The topological polar surface area (TPSA) is 81.4 Å². The summed E-state index contributed by atoms with van der Waals surface area (Å²) in [7, 11) is 0. The molecule has 3 aromatic rings. The molecule has 5 heterocycles. The molecule has 47 heavy (non-hydrogen) atoms. The first-order valence-corrected chi connectivity index (χ1v) is 17.6. The Morgan fingerprint density at radius 2 is 1.87 bits per heavy atom. The second kappa shape index (κ2) is 13.8. The third-order valence-corrected chi connectivity index (χ3v) is 9.72. The number of carbonyl (C=O) groups excluding carboxylic acids is 1. The van der Waals surface area contributed by atoms with Crippen LogP contribution >= 0.6 is 0 Å². The summed E-state index contributed by atoms with van der Waals surface area (Å²) >= 11 is 0. The Morgan fingerprint density at radius 1 is 1.11 bits per heavy atom. The first kappa shape index (κ1) is 33.8. The molecule has 0 radical (unpaired) electrons. The summed E-state index contributed by atoms with van der Waals surface area (Å²) in [5.41, 5.74) is 4.52. The molecular formula is C37H52FN5O4. The number of hydrogen-bond donors (Lipinski definition) is 0. The number of halogens is 1. The molecule has 0 N–H and O–H groups in total. The number of ether oxygens (including phenoxy) is 3. The predicted octanol–water partition coefficient (Wildman–Crippen LogP) is 6.86. The van der Waals surface area contributed by atoms with Crippen LogP contribution in [0.5, 0.6) is 0 Å². The maximum absolute atomic E-state index is 14.4. The van der Waals surface area contributed by atoms with Gasteiger partial charge in [-0.1, -0.05) is 12.5 Å². The van der Waals surface area contributed by atoms with Gasteiger partial charge in [-0.2, -0.15) is 9.61 Å². The van der Waals surface area contributed by atoms with Crippen LogP contribution in [0.1, 0.15) is 114 Å². The first-order chi connectivity index (χ1) is 22.4. The number of fused-ring (bicyclic) bond motifs is 9. The molecule has 4 bridgehead atoms. The molecule has 0 spiro atoms. The van der Waals surface area contributed by atoms with E-state index in [4.69, 9.17) is 24.3 Å². The van der Waals surface area contributed by atoms with Crippen LogP contribution in [0.4, 0.5) is 10.2 Å². The fourth-order valence-electron chi connectivity index (χ4n) is 7.06. The monoisotopic (exact) mass is 649 g/mol. The van der Waals surface area contributed by atoms with Gasteiger partial charge in [-0.15, -0.1) is 0 Å². The van der Waals surface area contributed by atoms with Crippen molar-refractivity contribution in [3.63, 3.8) is 0 Å². The van der Waals surface area contributed by atoms with Gasteiger partial charge in [0.15, 0.2) is 11.8 Å². The van der Waals surface area contributed by atoms with E-state index in [0.29, 0.717) is 24.8 Å². The number of esters is 1. The van der Waals surface area contributed by atoms with Crippen molar-refractivity contribution in [2.75, 3.05) is 31.2 Å². The van der Waals surface area contributed by atoms with Crippen LogP contribution in [0.25, 0.3) is 5.65 Å². The van der Waals surface area contributed by atoms with Gasteiger partial charge in [-0.05, 0) is 110 Å². The minimum Gasteiger partial charge on any atom is -0.464 e. The highest BCUT2D eigenvalue weighted by Crippen LogP contribution is 2.39. The molecule has 4 aliphatic rings. The van der Waals surface area contributed by atoms with Crippen LogP contribution in [0, 0.1) is 12.7 Å². The molecule has 7 rings (SSSR count). The standard InChI is InChI=1S/C37H52FN5O4/c1-7-45-35(44)33(47-36(3,4)5)32-25(2)39-31-22-29-24-42(30-14-15-30)23-27-12-13-28(38)21-26(27)11-9-8-10-20-46-37(6)16-18-41(19-17-37)34(32)43(31)40-29/h12-13,21-22,30,33H,7-11,14-20,23-24H2,1-6H3. The summed E-state index contributed by atoms with van der Waals surface area (Å²) in [6, 6.07) is 7.81. The molecule has 1 aliphatic carbocycles. The minimum atomic E-state index is -0.958. The average molecular weight is 650 g/mol. The summed E-state index contributed by atoms with van der Waals surface area (Å²) in [6.07, 6.45) is 6.91. The van der Waals surface area contributed by atoms with E-state index in [-0.39, 0.29) is 18.0 Å². The molecule has 1 aromatic carbocycles. The van der Waals surface area contributed by atoms with Crippen LogP contribution in [-0.2, 0) is 38.5 Å². The van der Waals surface area contributed by atoms with Crippen molar-refractivity contribution < 1.29 is 23.4 Å². The highest BCUT2D eigenvalue weighted by atomic mass is 19.1. The molecule has 9 nitrogen and oxygen atoms in total. The molecule has 256 valence electrons. The zero-order valence-corrected chi connectivity index (χ0v) is 29.1. The summed E-state index contributed by atoms with van der Waals surface area (Å²) in [6.45, 7) is 15.7. The van der Waals surface area contributed by atoms with E-state index >= 15 is 0 Å². The Labute approximate surface area is 278 Å². The molecule has 1 saturated carbocycles. The third-order valence-electron chi connectivity index (χ3n) is 9.72. The van der Waals surface area contributed by atoms with Gasteiger partial charge < -0.3 is 19.1 Å². The summed E-state index contributed by atoms with van der Waals surface area (Å²) in [5.74, 6) is 0.231. The number of rotatable bonds is 5. The molecule has 2 fully saturated rings. The Balaban J connectivity index is 1.46. The zero-order valence-electron chi connectivity index (χ0n) is 29.1. The normalized spacial score (nSPS) is 20.4. The fraction of sp³-hybridized carbons (Fsp3) is 0.649. The summed E-state index contributed by atoms with van der Waals surface area (Å²) in [5, 5.41) is 5.19. The Kier molecular flexibility index (Phi) is 9.93. The summed E-state index contributed by atoms with van der Waals surface area (Å²) in [4.78, 5) is 23.4. The minimum absolute atomic E-state index is 0.177. The number of benzene rings is 1. The molecule has 10 heteroatoms. The number of anilines is 1. The van der Waals surface area contributed by atoms with Crippen molar-refractivity contribution in [3.8, 4) is 0 Å². The van der Waals surface area contributed by atoms with Crippen molar-refractivity contribution in [3.05, 3.63) is 58.2 Å². The highest BCUT2D eigenvalue weighted by Gasteiger charge is 2.39. The van der Waals surface area contributed by atoms with Crippen molar-refractivity contribution in [2.24, 2.45) is 0 Å².